The molecule has 3 N–H and O–H groups in total. The van der Waals surface area contributed by atoms with Gasteiger partial charge in [0.2, 0.25) is 0 Å². The van der Waals surface area contributed by atoms with Gasteiger partial charge in [-0.1, -0.05) is 35.5 Å². The van der Waals surface area contributed by atoms with Crippen molar-refractivity contribution < 1.29 is 15.4 Å². The van der Waals surface area contributed by atoms with Gasteiger partial charge < -0.3 is 15.4 Å². The van der Waals surface area contributed by atoms with Gasteiger partial charge in [-0.25, -0.2) is 0 Å². The highest BCUT2D eigenvalue weighted by Gasteiger charge is 2.10. The van der Waals surface area contributed by atoms with Crippen LogP contribution in [0.4, 0.5) is 0 Å². The average molecular weight is 257 g/mol. The van der Waals surface area contributed by atoms with Crippen molar-refractivity contribution in [3.63, 3.8) is 0 Å². The van der Waals surface area contributed by atoms with E-state index in [4.69, 9.17) is 5.21 Å². The van der Waals surface area contributed by atoms with E-state index >= 15 is 0 Å². The molecule has 19 heavy (non-hydrogen) atoms. The number of aromatic hydroxyl groups is 2. The van der Waals surface area contributed by atoms with Crippen LogP contribution in [0.25, 0.3) is 0 Å². The molecule has 0 atom stereocenters. The van der Waals surface area contributed by atoms with Crippen LogP contribution < -0.4 is 0 Å². The minimum absolute atomic E-state index is 0.0263. The number of oxime groups is 1. The van der Waals surface area contributed by atoms with Crippen molar-refractivity contribution in [3.8, 4) is 11.5 Å². The molecule has 0 bridgehead atoms. The predicted octanol–water partition coefficient (Wildman–Crippen LogP) is 2.91. The van der Waals surface area contributed by atoms with E-state index < -0.39 is 0 Å². The molecule has 0 saturated heterocycles. The summed E-state index contributed by atoms with van der Waals surface area (Å²) in [5.41, 5.74) is 1.94. The summed E-state index contributed by atoms with van der Waals surface area (Å²) in [6, 6.07) is 14.0. The van der Waals surface area contributed by atoms with Crippen molar-refractivity contribution in [2.45, 2.75) is 12.8 Å². The number of phenolic OH excluding ortho intramolecular Hbond substituents is 2. The highest BCUT2D eigenvalue weighted by molar-refractivity contribution is 6.02. The van der Waals surface area contributed by atoms with Gasteiger partial charge >= 0.3 is 0 Å². The standard InChI is InChI=1S/C15H15NO3/c17-12-7-8-13(15(18)10-12)14(16-19)9-6-11-4-2-1-3-5-11/h1-5,7-8,10,17-19H,6,9H2/b16-14-. The smallest absolute Gasteiger partial charge is 0.128 e. The number of benzene rings is 2. The first-order valence-electron chi connectivity index (χ1n) is 5.98. The molecule has 0 saturated carbocycles. The first kappa shape index (κ1) is 13.0. The summed E-state index contributed by atoms with van der Waals surface area (Å²) < 4.78 is 0. The zero-order chi connectivity index (χ0) is 13.7. The number of phenols is 2. The van der Waals surface area contributed by atoms with Crippen LogP contribution in [0, 0.1) is 0 Å². The van der Waals surface area contributed by atoms with Crippen LogP contribution in [0.5, 0.6) is 11.5 Å². The molecule has 2 rings (SSSR count). The molecular weight excluding hydrogens is 242 g/mol. The molecule has 0 aliphatic carbocycles. The Labute approximate surface area is 111 Å². The predicted molar refractivity (Wildman–Crippen MR) is 72.9 cm³/mol. The number of hydrogen-bond acceptors (Lipinski definition) is 4. The summed E-state index contributed by atoms with van der Waals surface area (Å²) in [7, 11) is 0. The van der Waals surface area contributed by atoms with Gasteiger partial charge in [0.05, 0.1) is 5.71 Å². The largest absolute Gasteiger partial charge is 0.508 e. The van der Waals surface area contributed by atoms with Crippen LogP contribution in [-0.4, -0.2) is 21.1 Å². The van der Waals surface area contributed by atoms with Gasteiger partial charge in [-0.15, -0.1) is 0 Å². The molecular formula is C15H15NO3. The lowest BCUT2D eigenvalue weighted by Gasteiger charge is -2.07. The summed E-state index contributed by atoms with van der Waals surface area (Å²) in [6.07, 6.45) is 1.21. The minimum atomic E-state index is -0.0964. The maximum atomic E-state index is 9.74. The third-order valence-electron chi connectivity index (χ3n) is 2.91. The van der Waals surface area contributed by atoms with Crippen molar-refractivity contribution in [2.24, 2.45) is 5.16 Å². The van der Waals surface area contributed by atoms with Gasteiger partial charge in [0.25, 0.3) is 0 Å². The van der Waals surface area contributed by atoms with Crippen molar-refractivity contribution in [1.29, 1.82) is 0 Å². The lowest BCUT2D eigenvalue weighted by Crippen LogP contribution is -2.03. The second-order valence-electron chi connectivity index (χ2n) is 4.23. The van der Waals surface area contributed by atoms with Crippen LogP contribution in [0.3, 0.4) is 0 Å². The van der Waals surface area contributed by atoms with E-state index in [1.807, 2.05) is 30.3 Å². The fourth-order valence-corrected chi connectivity index (χ4v) is 1.91. The van der Waals surface area contributed by atoms with Gasteiger partial charge in [-0.05, 0) is 30.5 Å². The van der Waals surface area contributed by atoms with Crippen molar-refractivity contribution >= 4 is 5.71 Å². The normalized spacial score (nSPS) is 11.5. The Bertz CT molecular complexity index is 579. The van der Waals surface area contributed by atoms with Gasteiger partial charge in [0.15, 0.2) is 0 Å². The van der Waals surface area contributed by atoms with E-state index in [1.54, 1.807) is 0 Å². The molecule has 2 aromatic rings. The molecule has 0 aliphatic rings. The fraction of sp³-hybridized carbons (Fsp3) is 0.133. The molecule has 0 amide bonds. The van der Waals surface area contributed by atoms with Crippen molar-refractivity contribution in [1.82, 2.24) is 0 Å². The molecule has 0 fully saturated rings. The van der Waals surface area contributed by atoms with Gasteiger partial charge in [-0.2, -0.15) is 0 Å². The van der Waals surface area contributed by atoms with Crippen molar-refractivity contribution in [3.05, 3.63) is 59.7 Å². The molecule has 0 aromatic heterocycles. The zero-order valence-corrected chi connectivity index (χ0v) is 10.3. The molecule has 0 unspecified atom stereocenters. The second-order valence-corrected chi connectivity index (χ2v) is 4.23. The Morgan fingerprint density at radius 2 is 1.74 bits per heavy atom. The molecule has 2 aromatic carbocycles. The molecule has 4 nitrogen and oxygen atoms in total. The van der Waals surface area contributed by atoms with E-state index in [0.29, 0.717) is 24.1 Å². The van der Waals surface area contributed by atoms with E-state index in [0.717, 1.165) is 5.56 Å². The number of rotatable bonds is 4. The molecule has 98 valence electrons. The Balaban J connectivity index is 2.13. The van der Waals surface area contributed by atoms with E-state index in [2.05, 4.69) is 5.16 Å². The van der Waals surface area contributed by atoms with E-state index in [9.17, 15) is 10.2 Å². The monoisotopic (exact) mass is 257 g/mol. The summed E-state index contributed by atoms with van der Waals surface area (Å²) in [4.78, 5) is 0. The van der Waals surface area contributed by atoms with Crippen LogP contribution >= 0.6 is 0 Å². The lowest BCUT2D eigenvalue weighted by molar-refractivity contribution is 0.317. The fourth-order valence-electron chi connectivity index (χ4n) is 1.91. The highest BCUT2D eigenvalue weighted by Crippen LogP contribution is 2.24. The first-order chi connectivity index (χ1) is 9.20. The Kier molecular flexibility index (Phi) is 4.03. The quantitative estimate of drug-likeness (QED) is 0.448. The van der Waals surface area contributed by atoms with E-state index in [-0.39, 0.29) is 11.5 Å². The third-order valence-corrected chi connectivity index (χ3v) is 2.91. The average Bonchev–Trinajstić information content (AvgIpc) is 2.42. The molecule has 4 heteroatoms. The summed E-state index contributed by atoms with van der Waals surface area (Å²) in [6.45, 7) is 0. The lowest BCUT2D eigenvalue weighted by atomic mass is 10.0. The zero-order valence-electron chi connectivity index (χ0n) is 10.3. The van der Waals surface area contributed by atoms with E-state index in [1.165, 1.54) is 18.2 Å². The number of nitrogens with zero attached hydrogens (tertiary/aromatic N) is 1. The van der Waals surface area contributed by atoms with Gasteiger partial charge in [0.1, 0.15) is 11.5 Å². The molecule has 0 heterocycles. The topological polar surface area (TPSA) is 73.1 Å². The van der Waals surface area contributed by atoms with Crippen LogP contribution in [0.15, 0.2) is 53.7 Å². The highest BCUT2D eigenvalue weighted by atomic mass is 16.4. The molecule has 0 spiro atoms. The summed E-state index contributed by atoms with van der Waals surface area (Å²) in [5, 5.41) is 31.3. The van der Waals surface area contributed by atoms with Gasteiger partial charge in [-0.3, -0.25) is 0 Å². The minimum Gasteiger partial charge on any atom is -0.508 e. The Hall–Kier alpha value is -2.49. The SMILES string of the molecule is O/N=C(/CCc1ccccc1)c1ccc(O)cc1O. The van der Waals surface area contributed by atoms with Gasteiger partial charge in [0, 0.05) is 11.6 Å². The van der Waals surface area contributed by atoms with Crippen molar-refractivity contribution in [2.75, 3.05) is 0 Å². The van der Waals surface area contributed by atoms with Crippen LogP contribution in [0.2, 0.25) is 0 Å². The first-order valence-corrected chi connectivity index (χ1v) is 5.98. The molecule has 0 aliphatic heterocycles. The number of hydrogen-bond donors (Lipinski definition) is 3. The van der Waals surface area contributed by atoms with Crippen LogP contribution in [0.1, 0.15) is 17.5 Å². The maximum absolute atomic E-state index is 9.74. The maximum Gasteiger partial charge on any atom is 0.128 e. The van der Waals surface area contributed by atoms with Crippen LogP contribution in [-0.2, 0) is 6.42 Å². The third kappa shape index (κ3) is 3.25. The Morgan fingerprint density at radius 3 is 2.37 bits per heavy atom. The summed E-state index contributed by atoms with van der Waals surface area (Å²) >= 11 is 0. The Morgan fingerprint density at radius 1 is 1.00 bits per heavy atom. The molecule has 0 radical (unpaired) electrons. The number of aryl methyl sites for hydroxylation is 1. The summed E-state index contributed by atoms with van der Waals surface area (Å²) in [5.74, 6) is -0.123. The second kappa shape index (κ2) is 5.91.